The Morgan fingerprint density at radius 3 is 2.53 bits per heavy atom. The van der Waals surface area contributed by atoms with E-state index in [9.17, 15) is 22.8 Å². The average molecular weight is 522 g/mol. The molecule has 0 bridgehead atoms. The number of pyridine rings is 1. The van der Waals surface area contributed by atoms with Gasteiger partial charge in [-0.25, -0.2) is 19.6 Å². The van der Waals surface area contributed by atoms with Crippen molar-refractivity contribution in [3.63, 3.8) is 0 Å². The van der Waals surface area contributed by atoms with Crippen LogP contribution in [0.25, 0.3) is 5.69 Å². The number of nitrogens with one attached hydrogen (secondary N) is 1. The van der Waals surface area contributed by atoms with Crippen LogP contribution in [0.3, 0.4) is 0 Å². The molecule has 13 heteroatoms. The van der Waals surface area contributed by atoms with E-state index in [1.807, 2.05) is 30.3 Å². The van der Waals surface area contributed by atoms with Crippen LogP contribution < -0.4 is 16.0 Å². The maximum atomic E-state index is 13.9. The minimum atomic E-state index is -4.77. The first-order chi connectivity index (χ1) is 18.2. The Morgan fingerprint density at radius 2 is 1.84 bits per heavy atom. The number of nitrogen functional groups attached to an aromatic ring is 1. The molecular weight excluding hydrogens is 501 g/mol. The highest BCUT2D eigenvalue weighted by Gasteiger charge is 2.45. The summed E-state index contributed by atoms with van der Waals surface area (Å²) in [6.07, 6.45) is -2.36. The summed E-state index contributed by atoms with van der Waals surface area (Å²) in [5.41, 5.74) is 6.30. The molecule has 3 aromatic heterocycles. The number of nitrogens with two attached hydrogens (primary N) is 1. The molecule has 1 aliphatic heterocycles. The van der Waals surface area contributed by atoms with Crippen molar-refractivity contribution in [3.8, 4) is 5.69 Å². The molecule has 0 saturated carbocycles. The van der Waals surface area contributed by atoms with Gasteiger partial charge in [-0.1, -0.05) is 24.3 Å². The smallest absolute Gasteiger partial charge is 0.384 e. The van der Waals surface area contributed by atoms with Gasteiger partial charge in [-0.3, -0.25) is 14.5 Å². The van der Waals surface area contributed by atoms with Gasteiger partial charge in [-0.05, 0) is 37.3 Å². The molecule has 10 nitrogen and oxygen atoms in total. The van der Waals surface area contributed by atoms with E-state index in [1.54, 1.807) is 36.0 Å². The Bertz CT molecular complexity index is 1510. The van der Waals surface area contributed by atoms with E-state index in [2.05, 4.69) is 25.4 Å². The molecule has 38 heavy (non-hydrogen) atoms. The number of carbonyl (C=O) groups excluding carboxylic acids is 2. The minimum Gasteiger partial charge on any atom is -0.384 e. The molecule has 0 saturated heterocycles. The zero-order valence-corrected chi connectivity index (χ0v) is 19.9. The standard InChI is InChI=1S/C25H21F3N8O2/c1-2-35-23-15(13-31-36(23)14-7-4-3-5-8-14)19(16-9-6-10-18(29)32-16)20(24(35)38)34-22(37)21-30-12-11-17(33-21)25(26,27)28/h3-13,19-20H,2H2,1H3,(H2,29,32)(H,34,37)/t19-,20-/m0/s1. The summed E-state index contributed by atoms with van der Waals surface area (Å²) in [5.74, 6) is -2.45. The van der Waals surface area contributed by atoms with Gasteiger partial charge in [-0.15, -0.1) is 0 Å². The van der Waals surface area contributed by atoms with Gasteiger partial charge in [0.25, 0.3) is 11.8 Å². The summed E-state index contributed by atoms with van der Waals surface area (Å²) >= 11 is 0. The largest absolute Gasteiger partial charge is 0.433 e. The number of benzene rings is 1. The summed E-state index contributed by atoms with van der Waals surface area (Å²) in [5, 5.41) is 7.06. The van der Waals surface area contributed by atoms with Crippen molar-refractivity contribution in [2.75, 3.05) is 17.2 Å². The van der Waals surface area contributed by atoms with E-state index < -0.39 is 41.5 Å². The molecule has 3 N–H and O–H groups in total. The average Bonchev–Trinajstić information content (AvgIpc) is 3.33. The first-order valence-corrected chi connectivity index (χ1v) is 11.6. The number of carbonyl (C=O) groups is 2. The second-order valence-electron chi connectivity index (χ2n) is 8.43. The van der Waals surface area contributed by atoms with Crippen LogP contribution >= 0.6 is 0 Å². The van der Waals surface area contributed by atoms with Crippen molar-refractivity contribution in [2.45, 2.75) is 25.1 Å². The van der Waals surface area contributed by atoms with Crippen molar-refractivity contribution < 1.29 is 22.8 Å². The number of rotatable bonds is 5. The zero-order chi connectivity index (χ0) is 27.0. The fraction of sp³-hybridized carbons (Fsp3) is 0.200. The van der Waals surface area contributed by atoms with Crippen LogP contribution in [-0.2, 0) is 11.0 Å². The molecule has 5 rings (SSSR count). The Hall–Kier alpha value is -4.81. The van der Waals surface area contributed by atoms with Crippen molar-refractivity contribution in [1.29, 1.82) is 0 Å². The number of hydrogen-bond donors (Lipinski definition) is 2. The Morgan fingerprint density at radius 1 is 1.08 bits per heavy atom. The van der Waals surface area contributed by atoms with Gasteiger partial charge in [0.05, 0.1) is 23.5 Å². The third kappa shape index (κ3) is 4.42. The van der Waals surface area contributed by atoms with Crippen LogP contribution in [0.1, 0.15) is 40.4 Å². The molecular formula is C25H21F3N8O2. The second kappa shape index (κ2) is 9.57. The molecule has 0 radical (unpaired) electrons. The summed E-state index contributed by atoms with van der Waals surface area (Å²) in [7, 11) is 0. The predicted molar refractivity (Wildman–Crippen MR) is 130 cm³/mol. The predicted octanol–water partition coefficient (Wildman–Crippen LogP) is 2.96. The van der Waals surface area contributed by atoms with Crippen LogP contribution in [0.15, 0.2) is 67.0 Å². The number of halogens is 3. The lowest BCUT2D eigenvalue weighted by atomic mass is 9.85. The van der Waals surface area contributed by atoms with Gasteiger partial charge < -0.3 is 11.1 Å². The molecule has 0 fully saturated rings. The number of hydrogen-bond acceptors (Lipinski definition) is 7. The Labute approximate surface area is 214 Å². The number of likely N-dealkylation sites (N-methyl/N-ethyl adjacent to an activating group) is 1. The highest BCUT2D eigenvalue weighted by atomic mass is 19.4. The lowest BCUT2D eigenvalue weighted by Crippen LogP contribution is -2.55. The summed E-state index contributed by atoms with van der Waals surface area (Å²) in [6, 6.07) is 13.5. The van der Waals surface area contributed by atoms with Gasteiger partial charge in [0.2, 0.25) is 5.82 Å². The lowest BCUT2D eigenvalue weighted by Gasteiger charge is -2.37. The topological polar surface area (TPSA) is 132 Å². The van der Waals surface area contributed by atoms with Gasteiger partial charge in [0.15, 0.2) is 0 Å². The summed E-state index contributed by atoms with van der Waals surface area (Å²) < 4.78 is 41.1. The van der Waals surface area contributed by atoms with Crippen LogP contribution in [0.5, 0.6) is 0 Å². The van der Waals surface area contributed by atoms with Crippen molar-refractivity contribution >= 4 is 23.5 Å². The highest BCUT2D eigenvalue weighted by Crippen LogP contribution is 2.41. The molecule has 1 aromatic carbocycles. The van der Waals surface area contributed by atoms with Crippen LogP contribution in [0.2, 0.25) is 0 Å². The molecule has 1 aliphatic rings. The molecule has 0 spiro atoms. The number of para-hydroxylation sites is 1. The summed E-state index contributed by atoms with van der Waals surface area (Å²) in [4.78, 5) is 39.8. The molecule has 4 aromatic rings. The second-order valence-corrected chi connectivity index (χ2v) is 8.43. The quantitative estimate of drug-likeness (QED) is 0.412. The maximum absolute atomic E-state index is 13.9. The van der Waals surface area contributed by atoms with Gasteiger partial charge >= 0.3 is 6.18 Å². The summed E-state index contributed by atoms with van der Waals surface area (Å²) in [6.45, 7) is 1.99. The van der Waals surface area contributed by atoms with E-state index in [0.29, 0.717) is 28.8 Å². The zero-order valence-electron chi connectivity index (χ0n) is 19.9. The minimum absolute atomic E-state index is 0.191. The first-order valence-electron chi connectivity index (χ1n) is 11.6. The molecule has 194 valence electrons. The normalized spacial score (nSPS) is 17.3. The molecule has 0 unspecified atom stereocenters. The Balaban J connectivity index is 1.62. The van der Waals surface area contributed by atoms with Crippen molar-refractivity contribution in [2.24, 2.45) is 0 Å². The number of aromatic nitrogens is 5. The fourth-order valence-corrected chi connectivity index (χ4v) is 4.45. The molecule has 2 amide bonds. The van der Waals surface area contributed by atoms with Crippen LogP contribution in [-0.4, -0.2) is 49.1 Å². The van der Waals surface area contributed by atoms with E-state index in [4.69, 9.17) is 5.73 Å². The fourth-order valence-electron chi connectivity index (χ4n) is 4.45. The number of amides is 2. The maximum Gasteiger partial charge on any atom is 0.433 e. The number of fused-ring (bicyclic) bond motifs is 1. The number of nitrogens with zero attached hydrogens (tertiary/aromatic N) is 6. The van der Waals surface area contributed by atoms with Crippen molar-refractivity contribution in [1.82, 2.24) is 30.0 Å². The third-order valence-electron chi connectivity index (χ3n) is 6.09. The molecule has 2 atom stereocenters. The van der Waals surface area contributed by atoms with Crippen LogP contribution in [0.4, 0.5) is 24.8 Å². The highest BCUT2D eigenvalue weighted by molar-refractivity contribution is 6.04. The van der Waals surface area contributed by atoms with E-state index in [1.165, 1.54) is 4.90 Å². The molecule has 0 aliphatic carbocycles. The van der Waals surface area contributed by atoms with E-state index >= 15 is 0 Å². The SMILES string of the molecule is CCN1C(=O)[C@@H](NC(=O)c2nccc(C(F)(F)F)n2)[C@H](c2cccc(N)n2)c2cnn(-c3ccccc3)c21. The van der Waals surface area contributed by atoms with E-state index in [0.717, 1.165) is 6.20 Å². The third-order valence-corrected chi connectivity index (χ3v) is 6.09. The lowest BCUT2D eigenvalue weighted by molar-refractivity contribution is -0.141. The Kier molecular flexibility index (Phi) is 6.27. The van der Waals surface area contributed by atoms with Crippen molar-refractivity contribution in [3.05, 3.63) is 89.8 Å². The van der Waals surface area contributed by atoms with Gasteiger partial charge in [0, 0.05) is 18.3 Å². The monoisotopic (exact) mass is 522 g/mol. The molecule has 4 heterocycles. The van der Waals surface area contributed by atoms with Gasteiger partial charge in [-0.2, -0.15) is 18.3 Å². The van der Waals surface area contributed by atoms with Crippen LogP contribution in [0, 0.1) is 0 Å². The number of alkyl halides is 3. The van der Waals surface area contributed by atoms with E-state index in [-0.39, 0.29) is 12.4 Å². The first kappa shape index (κ1) is 24.9. The van der Waals surface area contributed by atoms with Gasteiger partial charge in [0.1, 0.15) is 23.4 Å². The number of anilines is 2.